The molecule has 2 rings (SSSR count). The monoisotopic (exact) mass is 321 g/mol. The Morgan fingerprint density at radius 3 is 2.82 bits per heavy atom. The van der Waals surface area contributed by atoms with Gasteiger partial charge in [0.2, 0.25) is 0 Å². The number of H-pyrrole nitrogens is 1. The molecule has 2 heterocycles. The Morgan fingerprint density at radius 2 is 2.18 bits per heavy atom. The fourth-order valence-corrected chi connectivity index (χ4v) is 1.76. The summed E-state index contributed by atoms with van der Waals surface area (Å²) in [5, 5.41) is 2.60. The first kappa shape index (κ1) is 15.7. The minimum Gasteiger partial charge on any atom is -0.451 e. The number of nitrogens with one attached hydrogen (secondary N) is 2. The molecule has 0 aromatic carbocycles. The lowest BCUT2D eigenvalue weighted by atomic mass is 10.2. The van der Waals surface area contributed by atoms with Crippen LogP contribution in [0.1, 0.15) is 27.8 Å². The number of ketones is 1. The van der Waals surface area contributed by atoms with E-state index in [2.05, 4.69) is 15.3 Å². The third-order valence-corrected chi connectivity index (χ3v) is 2.98. The van der Waals surface area contributed by atoms with Crippen molar-refractivity contribution in [2.45, 2.75) is 6.92 Å². The highest BCUT2D eigenvalue weighted by Crippen LogP contribution is 2.17. The van der Waals surface area contributed by atoms with E-state index >= 15 is 0 Å². The molecule has 1 amide bonds. The molecule has 0 saturated heterocycles. The number of pyridine rings is 1. The number of hydrogen-bond acceptors (Lipinski definition) is 5. The number of Topliss-reactive ketones (excluding diaryl/α,β-unsaturated/α-hetero) is 1. The van der Waals surface area contributed by atoms with E-state index in [1.54, 1.807) is 12.1 Å². The zero-order valence-corrected chi connectivity index (χ0v) is 12.3. The Kier molecular flexibility index (Phi) is 4.90. The van der Waals surface area contributed by atoms with Crippen molar-refractivity contribution in [1.29, 1.82) is 0 Å². The van der Waals surface area contributed by atoms with Crippen LogP contribution in [0.3, 0.4) is 0 Å². The number of aromatic amines is 1. The number of anilines is 1. The number of nitrogens with zero attached hydrogens (tertiary/aromatic N) is 1. The maximum absolute atomic E-state index is 11.7. The van der Waals surface area contributed by atoms with E-state index in [0.717, 1.165) is 0 Å². The summed E-state index contributed by atoms with van der Waals surface area (Å²) in [5.41, 5.74) is 0.778. The van der Waals surface area contributed by atoms with Crippen LogP contribution in [0.4, 0.5) is 5.69 Å². The highest BCUT2D eigenvalue weighted by molar-refractivity contribution is 6.32. The number of hydrogen-bond donors (Lipinski definition) is 2. The SMILES string of the molecule is CC(=O)c1c[nH]c(C(=O)OCC(=O)Nc2cccnc2Cl)c1. The third-order valence-electron chi connectivity index (χ3n) is 2.68. The first-order chi connectivity index (χ1) is 10.5. The Morgan fingerprint density at radius 1 is 1.41 bits per heavy atom. The van der Waals surface area contributed by atoms with Crippen molar-refractivity contribution in [3.05, 3.63) is 47.0 Å². The molecule has 22 heavy (non-hydrogen) atoms. The predicted octanol–water partition coefficient (Wildman–Crippen LogP) is 2.06. The van der Waals surface area contributed by atoms with Crippen LogP contribution in [0.5, 0.6) is 0 Å². The lowest BCUT2D eigenvalue weighted by Gasteiger charge is -2.06. The number of carbonyl (C=O) groups is 3. The van der Waals surface area contributed by atoms with Crippen molar-refractivity contribution in [1.82, 2.24) is 9.97 Å². The summed E-state index contributed by atoms with van der Waals surface area (Å²) >= 11 is 5.79. The molecule has 2 aromatic heterocycles. The minimum absolute atomic E-state index is 0.0948. The van der Waals surface area contributed by atoms with E-state index < -0.39 is 18.5 Å². The van der Waals surface area contributed by atoms with E-state index in [-0.39, 0.29) is 16.6 Å². The van der Waals surface area contributed by atoms with Crippen LogP contribution < -0.4 is 5.32 Å². The summed E-state index contributed by atoms with van der Waals surface area (Å²) in [6, 6.07) is 4.54. The van der Waals surface area contributed by atoms with Gasteiger partial charge in [-0.15, -0.1) is 0 Å². The molecule has 8 heteroatoms. The summed E-state index contributed by atoms with van der Waals surface area (Å²) in [7, 11) is 0. The van der Waals surface area contributed by atoms with E-state index in [1.165, 1.54) is 25.4 Å². The highest BCUT2D eigenvalue weighted by atomic mass is 35.5. The summed E-state index contributed by atoms with van der Waals surface area (Å²) in [6.45, 7) is 0.891. The third kappa shape index (κ3) is 3.92. The summed E-state index contributed by atoms with van der Waals surface area (Å²) < 4.78 is 4.84. The first-order valence-electron chi connectivity index (χ1n) is 6.24. The second kappa shape index (κ2) is 6.86. The van der Waals surface area contributed by atoms with Gasteiger partial charge in [0.1, 0.15) is 5.69 Å². The molecular formula is C14H12ClN3O4. The number of esters is 1. The van der Waals surface area contributed by atoms with E-state index in [4.69, 9.17) is 16.3 Å². The van der Waals surface area contributed by atoms with Gasteiger partial charge in [-0.3, -0.25) is 9.59 Å². The molecule has 0 spiro atoms. The smallest absolute Gasteiger partial charge is 0.355 e. The Balaban J connectivity index is 1.89. The molecule has 0 fully saturated rings. The molecule has 2 N–H and O–H groups in total. The molecule has 7 nitrogen and oxygen atoms in total. The lowest BCUT2D eigenvalue weighted by molar-refractivity contribution is -0.119. The first-order valence-corrected chi connectivity index (χ1v) is 6.62. The van der Waals surface area contributed by atoms with E-state index in [0.29, 0.717) is 11.3 Å². The summed E-state index contributed by atoms with van der Waals surface area (Å²) in [4.78, 5) is 40.9. The number of rotatable bonds is 5. The standard InChI is InChI=1S/C14H12ClN3O4/c1-8(19)9-5-11(17-6-9)14(21)22-7-12(20)18-10-3-2-4-16-13(10)15/h2-6,17H,7H2,1H3,(H,18,20). The predicted molar refractivity (Wildman–Crippen MR) is 79.0 cm³/mol. The van der Waals surface area contributed by atoms with Crippen molar-refractivity contribution < 1.29 is 19.1 Å². The number of amides is 1. The second-order valence-corrected chi connectivity index (χ2v) is 4.68. The number of aromatic nitrogens is 2. The van der Waals surface area contributed by atoms with Gasteiger partial charge in [0.05, 0.1) is 5.69 Å². The average molecular weight is 322 g/mol. The minimum atomic E-state index is -0.736. The molecule has 0 aliphatic carbocycles. The van der Waals surface area contributed by atoms with Gasteiger partial charge in [-0.2, -0.15) is 0 Å². The number of halogens is 1. The quantitative estimate of drug-likeness (QED) is 0.498. The molecule has 2 aromatic rings. The average Bonchev–Trinajstić information content (AvgIpc) is 2.97. The lowest BCUT2D eigenvalue weighted by Crippen LogP contribution is -2.21. The molecule has 0 bridgehead atoms. The number of ether oxygens (including phenoxy) is 1. The Bertz CT molecular complexity index is 726. The highest BCUT2D eigenvalue weighted by Gasteiger charge is 2.14. The molecule has 0 saturated carbocycles. The second-order valence-electron chi connectivity index (χ2n) is 4.32. The molecule has 0 unspecified atom stereocenters. The van der Waals surface area contributed by atoms with Crippen LogP contribution in [0.25, 0.3) is 0 Å². The largest absolute Gasteiger partial charge is 0.451 e. The van der Waals surface area contributed by atoms with Crippen LogP contribution in [-0.2, 0) is 9.53 Å². The van der Waals surface area contributed by atoms with Gasteiger partial charge in [-0.25, -0.2) is 9.78 Å². The van der Waals surface area contributed by atoms with E-state index in [1.807, 2.05) is 0 Å². The van der Waals surface area contributed by atoms with Gasteiger partial charge in [0, 0.05) is 18.0 Å². The molecule has 0 radical (unpaired) electrons. The molecule has 0 aliphatic rings. The zero-order chi connectivity index (χ0) is 16.1. The van der Waals surface area contributed by atoms with Gasteiger partial charge >= 0.3 is 5.97 Å². The normalized spacial score (nSPS) is 10.1. The Labute approximate surface area is 130 Å². The summed E-state index contributed by atoms with van der Waals surface area (Å²) in [5.74, 6) is -1.47. The molecule has 0 atom stereocenters. The van der Waals surface area contributed by atoms with Crippen molar-refractivity contribution in [3.8, 4) is 0 Å². The fourth-order valence-electron chi connectivity index (χ4n) is 1.59. The fraction of sp³-hybridized carbons (Fsp3) is 0.143. The van der Waals surface area contributed by atoms with Crippen molar-refractivity contribution in [3.63, 3.8) is 0 Å². The van der Waals surface area contributed by atoms with Crippen molar-refractivity contribution in [2.75, 3.05) is 11.9 Å². The molecular weight excluding hydrogens is 310 g/mol. The van der Waals surface area contributed by atoms with Gasteiger partial charge < -0.3 is 15.0 Å². The summed E-state index contributed by atoms with van der Waals surface area (Å²) in [6.07, 6.45) is 2.88. The van der Waals surface area contributed by atoms with Crippen molar-refractivity contribution >= 4 is 34.9 Å². The maximum Gasteiger partial charge on any atom is 0.355 e. The van der Waals surface area contributed by atoms with Gasteiger partial charge in [-0.05, 0) is 25.1 Å². The van der Waals surface area contributed by atoms with Crippen LogP contribution in [0.15, 0.2) is 30.6 Å². The van der Waals surface area contributed by atoms with Crippen LogP contribution in [0, 0.1) is 0 Å². The van der Waals surface area contributed by atoms with Crippen LogP contribution in [-0.4, -0.2) is 34.2 Å². The van der Waals surface area contributed by atoms with Crippen molar-refractivity contribution in [2.24, 2.45) is 0 Å². The Hall–Kier alpha value is -2.67. The molecule has 0 aliphatic heterocycles. The molecule has 114 valence electrons. The maximum atomic E-state index is 11.7. The van der Waals surface area contributed by atoms with Crippen LogP contribution >= 0.6 is 11.6 Å². The zero-order valence-electron chi connectivity index (χ0n) is 11.6. The van der Waals surface area contributed by atoms with E-state index in [9.17, 15) is 14.4 Å². The topological polar surface area (TPSA) is 101 Å². The van der Waals surface area contributed by atoms with Gasteiger partial charge in [0.25, 0.3) is 5.91 Å². The van der Waals surface area contributed by atoms with Gasteiger partial charge in [-0.1, -0.05) is 11.6 Å². The number of carbonyl (C=O) groups excluding carboxylic acids is 3. The van der Waals surface area contributed by atoms with Gasteiger partial charge in [0.15, 0.2) is 17.5 Å². The van der Waals surface area contributed by atoms with Crippen LogP contribution in [0.2, 0.25) is 5.15 Å².